The smallest absolute Gasteiger partial charge is 0.244 e. The van der Waals surface area contributed by atoms with Crippen molar-refractivity contribution in [3.63, 3.8) is 0 Å². The SMILES string of the molecule is CNC[C@H]1CCCN(S(=O)(=O)c2ccc(Br)cc2Cl)C1. The third-order valence-electron chi connectivity index (χ3n) is 3.49. The number of hydrogen-bond acceptors (Lipinski definition) is 3. The maximum atomic E-state index is 12.7. The molecule has 0 saturated carbocycles. The Labute approximate surface area is 133 Å². The van der Waals surface area contributed by atoms with Crippen molar-refractivity contribution < 1.29 is 8.42 Å². The maximum Gasteiger partial charge on any atom is 0.244 e. The number of halogens is 2. The highest BCUT2D eigenvalue weighted by atomic mass is 79.9. The molecule has 0 aromatic heterocycles. The van der Waals surface area contributed by atoms with E-state index in [0.29, 0.717) is 19.0 Å². The molecule has 1 fully saturated rings. The molecular weight excluding hydrogens is 364 g/mol. The van der Waals surface area contributed by atoms with Crippen LogP contribution in [-0.2, 0) is 10.0 Å². The van der Waals surface area contributed by atoms with E-state index in [1.165, 1.54) is 0 Å². The van der Waals surface area contributed by atoms with E-state index in [2.05, 4.69) is 21.2 Å². The third-order valence-corrected chi connectivity index (χ3v) is 6.33. The van der Waals surface area contributed by atoms with Gasteiger partial charge in [-0.2, -0.15) is 4.31 Å². The number of piperidine rings is 1. The molecule has 20 heavy (non-hydrogen) atoms. The first-order valence-electron chi connectivity index (χ1n) is 6.55. The van der Waals surface area contributed by atoms with Gasteiger partial charge in [-0.05, 0) is 50.6 Å². The number of benzene rings is 1. The first kappa shape index (κ1) is 16.2. The van der Waals surface area contributed by atoms with Gasteiger partial charge in [-0.25, -0.2) is 8.42 Å². The van der Waals surface area contributed by atoms with Crippen molar-refractivity contribution in [3.05, 3.63) is 27.7 Å². The van der Waals surface area contributed by atoms with Crippen LogP contribution in [0.25, 0.3) is 0 Å². The van der Waals surface area contributed by atoms with E-state index >= 15 is 0 Å². The minimum absolute atomic E-state index is 0.187. The molecule has 0 bridgehead atoms. The molecule has 1 N–H and O–H groups in total. The van der Waals surface area contributed by atoms with Gasteiger partial charge >= 0.3 is 0 Å². The molecule has 1 saturated heterocycles. The fourth-order valence-corrected chi connectivity index (χ4v) is 5.09. The fraction of sp³-hybridized carbons (Fsp3) is 0.538. The van der Waals surface area contributed by atoms with E-state index in [0.717, 1.165) is 23.9 Å². The summed E-state index contributed by atoms with van der Waals surface area (Å²) in [6.07, 6.45) is 1.95. The fourth-order valence-electron chi connectivity index (χ4n) is 2.52. The van der Waals surface area contributed by atoms with Gasteiger partial charge in [-0.3, -0.25) is 0 Å². The molecule has 4 nitrogen and oxygen atoms in total. The van der Waals surface area contributed by atoms with E-state index in [1.807, 2.05) is 7.05 Å². The molecule has 1 aromatic rings. The number of rotatable bonds is 4. The number of hydrogen-bond donors (Lipinski definition) is 1. The molecule has 1 aliphatic heterocycles. The van der Waals surface area contributed by atoms with Crippen molar-refractivity contribution in [1.29, 1.82) is 0 Å². The average molecular weight is 382 g/mol. The predicted molar refractivity (Wildman–Crippen MR) is 84.6 cm³/mol. The van der Waals surface area contributed by atoms with E-state index in [-0.39, 0.29) is 9.92 Å². The predicted octanol–water partition coefficient (Wildman–Crippen LogP) is 2.72. The summed E-state index contributed by atoms with van der Waals surface area (Å²) >= 11 is 9.37. The van der Waals surface area contributed by atoms with Crippen LogP contribution in [0.3, 0.4) is 0 Å². The van der Waals surface area contributed by atoms with Crippen molar-refractivity contribution in [2.75, 3.05) is 26.7 Å². The highest BCUT2D eigenvalue weighted by Gasteiger charge is 2.31. The molecule has 0 radical (unpaired) electrons. The monoisotopic (exact) mass is 380 g/mol. The van der Waals surface area contributed by atoms with Crippen LogP contribution < -0.4 is 5.32 Å². The molecule has 112 valence electrons. The molecule has 1 aliphatic rings. The summed E-state index contributed by atoms with van der Waals surface area (Å²) in [5, 5.41) is 3.37. The highest BCUT2D eigenvalue weighted by Crippen LogP contribution is 2.30. The van der Waals surface area contributed by atoms with E-state index in [4.69, 9.17) is 11.6 Å². The summed E-state index contributed by atoms with van der Waals surface area (Å²) in [5.41, 5.74) is 0. The molecule has 0 amide bonds. The Kier molecular flexibility index (Phi) is 5.48. The van der Waals surface area contributed by atoms with Crippen molar-refractivity contribution in [2.45, 2.75) is 17.7 Å². The van der Waals surface area contributed by atoms with Gasteiger partial charge in [0, 0.05) is 17.6 Å². The second-order valence-electron chi connectivity index (χ2n) is 5.00. The van der Waals surface area contributed by atoms with Gasteiger partial charge < -0.3 is 5.32 Å². The Morgan fingerprint density at radius 2 is 2.25 bits per heavy atom. The highest BCUT2D eigenvalue weighted by molar-refractivity contribution is 9.10. The van der Waals surface area contributed by atoms with E-state index in [1.54, 1.807) is 22.5 Å². The minimum Gasteiger partial charge on any atom is -0.319 e. The number of sulfonamides is 1. The lowest BCUT2D eigenvalue weighted by Crippen LogP contribution is -2.42. The van der Waals surface area contributed by atoms with Crippen LogP contribution in [0.2, 0.25) is 5.02 Å². The second-order valence-corrected chi connectivity index (χ2v) is 8.23. The summed E-state index contributed by atoms with van der Waals surface area (Å²) in [6.45, 7) is 1.95. The van der Waals surface area contributed by atoms with Crippen molar-refractivity contribution in [1.82, 2.24) is 9.62 Å². The van der Waals surface area contributed by atoms with Gasteiger partial charge in [0.15, 0.2) is 0 Å². The lowest BCUT2D eigenvalue weighted by molar-refractivity contribution is 0.263. The summed E-state index contributed by atoms with van der Waals surface area (Å²) in [5.74, 6) is 0.359. The maximum absolute atomic E-state index is 12.7. The Morgan fingerprint density at radius 1 is 1.50 bits per heavy atom. The Hall–Kier alpha value is -0.140. The molecular formula is C13H18BrClN2O2S. The van der Waals surface area contributed by atoms with Crippen LogP contribution in [0.5, 0.6) is 0 Å². The lowest BCUT2D eigenvalue weighted by atomic mass is 10.00. The molecule has 7 heteroatoms. The zero-order valence-electron chi connectivity index (χ0n) is 11.3. The summed E-state index contributed by atoms with van der Waals surface area (Å²) < 4.78 is 27.7. The normalized spacial score (nSPS) is 21.1. The topological polar surface area (TPSA) is 49.4 Å². The summed E-state index contributed by atoms with van der Waals surface area (Å²) in [4.78, 5) is 0.187. The van der Waals surface area contributed by atoms with Crippen LogP contribution in [0.15, 0.2) is 27.6 Å². The molecule has 0 unspecified atom stereocenters. The van der Waals surface area contributed by atoms with Crippen LogP contribution >= 0.6 is 27.5 Å². The van der Waals surface area contributed by atoms with Gasteiger partial charge in [0.2, 0.25) is 10.0 Å². The van der Waals surface area contributed by atoms with Crippen LogP contribution in [0.1, 0.15) is 12.8 Å². The number of nitrogens with one attached hydrogen (secondary N) is 1. The first-order chi connectivity index (χ1) is 9.45. The van der Waals surface area contributed by atoms with Crippen LogP contribution in [0, 0.1) is 5.92 Å². The molecule has 0 spiro atoms. The Bertz CT molecular complexity index is 578. The van der Waals surface area contributed by atoms with Crippen molar-refractivity contribution in [2.24, 2.45) is 5.92 Å². The van der Waals surface area contributed by atoms with Crippen LogP contribution in [0.4, 0.5) is 0 Å². The molecule has 1 heterocycles. The Morgan fingerprint density at radius 3 is 2.90 bits per heavy atom. The standard InChI is InChI=1S/C13H18BrClN2O2S/c1-16-8-10-3-2-6-17(9-10)20(18,19)13-5-4-11(14)7-12(13)15/h4-5,7,10,16H,2-3,6,8-9H2,1H3/t10-/m1/s1. The van der Waals surface area contributed by atoms with Gasteiger partial charge in [-0.15, -0.1) is 0 Å². The minimum atomic E-state index is -3.51. The third kappa shape index (κ3) is 3.54. The molecule has 0 aliphatic carbocycles. The van der Waals surface area contributed by atoms with Gasteiger partial charge in [-0.1, -0.05) is 27.5 Å². The van der Waals surface area contributed by atoms with E-state index in [9.17, 15) is 8.42 Å². The van der Waals surface area contributed by atoms with Crippen molar-refractivity contribution in [3.8, 4) is 0 Å². The Balaban J connectivity index is 2.25. The second kappa shape index (κ2) is 6.75. The van der Waals surface area contributed by atoms with Gasteiger partial charge in [0.05, 0.1) is 5.02 Å². The molecule has 1 aromatic carbocycles. The van der Waals surface area contributed by atoms with Gasteiger partial charge in [0.25, 0.3) is 0 Å². The van der Waals surface area contributed by atoms with Crippen LogP contribution in [-0.4, -0.2) is 39.4 Å². The molecule has 1 atom stereocenters. The van der Waals surface area contributed by atoms with Gasteiger partial charge in [0.1, 0.15) is 4.90 Å². The quantitative estimate of drug-likeness (QED) is 0.872. The molecule has 2 rings (SSSR count). The largest absolute Gasteiger partial charge is 0.319 e. The number of nitrogens with zero attached hydrogens (tertiary/aromatic N) is 1. The van der Waals surface area contributed by atoms with Crippen molar-refractivity contribution >= 4 is 37.6 Å². The lowest BCUT2D eigenvalue weighted by Gasteiger charge is -2.32. The van der Waals surface area contributed by atoms with E-state index < -0.39 is 10.0 Å². The summed E-state index contributed by atoms with van der Waals surface area (Å²) in [7, 11) is -1.62. The zero-order chi connectivity index (χ0) is 14.8. The average Bonchev–Trinajstić information content (AvgIpc) is 2.39. The summed E-state index contributed by atoms with van der Waals surface area (Å²) in [6, 6.07) is 4.88. The first-order valence-corrected chi connectivity index (χ1v) is 9.16. The zero-order valence-corrected chi connectivity index (χ0v) is 14.4.